The fourth-order valence-electron chi connectivity index (χ4n) is 2.04. The van der Waals surface area contributed by atoms with Crippen LogP contribution in [0, 0.1) is 0 Å². The molecule has 2 nitrogen and oxygen atoms in total. The molecule has 0 spiro atoms. The molecule has 0 bridgehead atoms. The molecule has 0 saturated carbocycles. The number of aromatic amines is 1. The average Bonchev–Trinajstić information content (AvgIpc) is 2.54. The van der Waals surface area contributed by atoms with E-state index in [1.165, 1.54) is 5.56 Å². The summed E-state index contributed by atoms with van der Waals surface area (Å²) in [6, 6.07) is 0. The van der Waals surface area contributed by atoms with E-state index in [2.05, 4.69) is 4.98 Å². The van der Waals surface area contributed by atoms with Crippen molar-refractivity contribution in [3.63, 3.8) is 0 Å². The number of halogens is 1. The summed E-state index contributed by atoms with van der Waals surface area (Å²) in [6.45, 7) is 2.04. The minimum atomic E-state index is -0.126. The number of nitrogens with one attached hydrogen (secondary N) is 1. The number of fused-ring (bicyclic) bond motifs is 1. The van der Waals surface area contributed by atoms with Crippen LogP contribution in [0.4, 0.5) is 0 Å². The fraction of sp³-hybridized carbons (Fsp3) is 0.500. The second-order valence-electron chi connectivity index (χ2n) is 3.41. The van der Waals surface area contributed by atoms with Gasteiger partial charge in [-0.2, -0.15) is 0 Å². The molecule has 0 atom stereocenters. The first-order valence-corrected chi connectivity index (χ1v) is 5.04. The molecule has 0 aromatic carbocycles. The van der Waals surface area contributed by atoms with Crippen molar-refractivity contribution in [1.82, 2.24) is 4.98 Å². The maximum atomic E-state index is 11.4. The van der Waals surface area contributed by atoms with E-state index in [-0.39, 0.29) is 5.56 Å². The first kappa shape index (κ1) is 8.82. The lowest BCUT2D eigenvalue weighted by atomic mass is 10.1. The first-order valence-electron chi connectivity index (χ1n) is 4.66. The highest BCUT2D eigenvalue weighted by atomic mass is 35.5. The predicted octanol–water partition coefficient (Wildman–Crippen LogP) is 2.08. The van der Waals surface area contributed by atoms with Crippen molar-refractivity contribution >= 4 is 11.6 Å². The van der Waals surface area contributed by atoms with Gasteiger partial charge in [0.15, 0.2) is 0 Å². The van der Waals surface area contributed by atoms with Gasteiger partial charge in [0.25, 0.3) is 5.56 Å². The Bertz CT molecular complexity index is 395. The molecule has 0 aliphatic heterocycles. The Labute approximate surface area is 81.9 Å². The molecular formula is C10H12ClNO. The number of H-pyrrole nitrogens is 1. The van der Waals surface area contributed by atoms with Crippen LogP contribution in [-0.2, 0) is 19.3 Å². The minimum absolute atomic E-state index is 0.126. The Morgan fingerprint density at radius 1 is 1.46 bits per heavy atom. The van der Waals surface area contributed by atoms with Gasteiger partial charge in [-0.05, 0) is 36.8 Å². The van der Waals surface area contributed by atoms with E-state index in [1.807, 2.05) is 6.92 Å². The lowest BCUT2D eigenvalue weighted by Crippen LogP contribution is -2.13. The third-order valence-corrected chi connectivity index (χ3v) is 3.06. The standard InChI is InChI=1S/C10H12ClNO/c1-2-6-7-4-3-5-8(7)12-10(13)9(6)11/h2-5H2,1H3,(H,12,13). The molecular weight excluding hydrogens is 186 g/mol. The molecule has 0 amide bonds. The predicted molar refractivity (Wildman–Crippen MR) is 53.5 cm³/mol. The van der Waals surface area contributed by atoms with Gasteiger partial charge >= 0.3 is 0 Å². The third kappa shape index (κ3) is 1.29. The van der Waals surface area contributed by atoms with Crippen LogP contribution in [0.3, 0.4) is 0 Å². The van der Waals surface area contributed by atoms with Crippen molar-refractivity contribution in [2.24, 2.45) is 0 Å². The maximum Gasteiger partial charge on any atom is 0.267 e. The van der Waals surface area contributed by atoms with Gasteiger partial charge in [0.1, 0.15) is 5.02 Å². The number of rotatable bonds is 1. The molecule has 70 valence electrons. The summed E-state index contributed by atoms with van der Waals surface area (Å²) in [7, 11) is 0. The number of pyridine rings is 1. The summed E-state index contributed by atoms with van der Waals surface area (Å²) in [5.41, 5.74) is 3.32. The van der Waals surface area contributed by atoms with Crippen molar-refractivity contribution in [2.75, 3.05) is 0 Å². The molecule has 1 aromatic rings. The summed E-state index contributed by atoms with van der Waals surface area (Å²) in [4.78, 5) is 14.2. The van der Waals surface area contributed by atoms with Crippen LogP contribution in [0.1, 0.15) is 30.2 Å². The van der Waals surface area contributed by atoms with E-state index in [0.29, 0.717) is 5.02 Å². The molecule has 2 rings (SSSR count). The molecule has 3 heteroatoms. The third-order valence-electron chi connectivity index (χ3n) is 2.66. The quantitative estimate of drug-likeness (QED) is 0.735. The molecule has 0 saturated heterocycles. The smallest absolute Gasteiger partial charge is 0.267 e. The Morgan fingerprint density at radius 2 is 2.23 bits per heavy atom. The van der Waals surface area contributed by atoms with Crippen LogP contribution in [0.2, 0.25) is 5.02 Å². The highest BCUT2D eigenvalue weighted by Crippen LogP contribution is 2.26. The Morgan fingerprint density at radius 3 is 2.92 bits per heavy atom. The first-order chi connectivity index (χ1) is 6.24. The number of hydrogen-bond acceptors (Lipinski definition) is 1. The highest BCUT2D eigenvalue weighted by molar-refractivity contribution is 6.31. The van der Waals surface area contributed by atoms with Crippen molar-refractivity contribution in [3.05, 3.63) is 32.2 Å². The summed E-state index contributed by atoms with van der Waals surface area (Å²) >= 11 is 5.93. The van der Waals surface area contributed by atoms with Gasteiger partial charge in [-0.1, -0.05) is 18.5 Å². The molecule has 13 heavy (non-hydrogen) atoms. The Hall–Kier alpha value is -0.760. The number of hydrogen-bond donors (Lipinski definition) is 1. The van der Waals surface area contributed by atoms with Crippen LogP contribution in [0.5, 0.6) is 0 Å². The van der Waals surface area contributed by atoms with Gasteiger partial charge in [0.2, 0.25) is 0 Å². The SMILES string of the molecule is CCc1c2c([nH]c(=O)c1Cl)CCC2. The maximum absolute atomic E-state index is 11.4. The highest BCUT2D eigenvalue weighted by Gasteiger charge is 2.18. The molecule has 0 radical (unpaired) electrons. The number of aromatic nitrogens is 1. The Kier molecular flexibility index (Phi) is 2.16. The zero-order valence-corrected chi connectivity index (χ0v) is 8.37. The molecule has 0 fully saturated rings. The molecule has 1 aromatic heterocycles. The van der Waals surface area contributed by atoms with Crippen LogP contribution < -0.4 is 5.56 Å². The zero-order chi connectivity index (χ0) is 9.42. The summed E-state index contributed by atoms with van der Waals surface area (Å²) in [5, 5.41) is 0.392. The fourth-order valence-corrected chi connectivity index (χ4v) is 2.34. The topological polar surface area (TPSA) is 32.9 Å². The van der Waals surface area contributed by atoms with E-state index >= 15 is 0 Å². The van der Waals surface area contributed by atoms with Gasteiger partial charge in [0, 0.05) is 5.69 Å². The minimum Gasteiger partial charge on any atom is -0.325 e. The second-order valence-corrected chi connectivity index (χ2v) is 3.79. The van der Waals surface area contributed by atoms with Gasteiger partial charge in [-0.3, -0.25) is 4.79 Å². The summed E-state index contributed by atoms with van der Waals surface area (Å²) in [5.74, 6) is 0. The van der Waals surface area contributed by atoms with Gasteiger partial charge < -0.3 is 4.98 Å². The zero-order valence-electron chi connectivity index (χ0n) is 7.61. The molecule has 1 aliphatic carbocycles. The van der Waals surface area contributed by atoms with E-state index in [4.69, 9.17) is 11.6 Å². The largest absolute Gasteiger partial charge is 0.325 e. The van der Waals surface area contributed by atoms with E-state index in [1.54, 1.807) is 0 Å². The van der Waals surface area contributed by atoms with Gasteiger partial charge in [-0.15, -0.1) is 0 Å². The van der Waals surface area contributed by atoms with E-state index in [0.717, 1.165) is 36.9 Å². The van der Waals surface area contributed by atoms with Crippen LogP contribution in [0.25, 0.3) is 0 Å². The van der Waals surface area contributed by atoms with E-state index in [9.17, 15) is 4.79 Å². The van der Waals surface area contributed by atoms with Crippen LogP contribution in [0.15, 0.2) is 4.79 Å². The number of aryl methyl sites for hydroxylation is 1. The lowest BCUT2D eigenvalue weighted by Gasteiger charge is -2.07. The lowest BCUT2D eigenvalue weighted by molar-refractivity contribution is 0.895. The van der Waals surface area contributed by atoms with Crippen molar-refractivity contribution in [2.45, 2.75) is 32.6 Å². The van der Waals surface area contributed by atoms with Gasteiger partial charge in [0.05, 0.1) is 0 Å². The molecule has 1 aliphatic rings. The monoisotopic (exact) mass is 197 g/mol. The average molecular weight is 198 g/mol. The van der Waals surface area contributed by atoms with Crippen molar-refractivity contribution in [3.8, 4) is 0 Å². The molecule has 1 N–H and O–H groups in total. The Balaban J connectivity index is 2.71. The van der Waals surface area contributed by atoms with Crippen molar-refractivity contribution in [1.29, 1.82) is 0 Å². The van der Waals surface area contributed by atoms with Gasteiger partial charge in [-0.25, -0.2) is 0 Å². The normalized spacial score (nSPS) is 14.6. The van der Waals surface area contributed by atoms with Crippen molar-refractivity contribution < 1.29 is 0 Å². The summed E-state index contributed by atoms with van der Waals surface area (Å²) in [6.07, 6.45) is 4.05. The molecule has 1 heterocycles. The molecule has 0 unspecified atom stereocenters. The second kappa shape index (κ2) is 3.18. The van der Waals surface area contributed by atoms with Crippen LogP contribution >= 0.6 is 11.6 Å². The van der Waals surface area contributed by atoms with E-state index < -0.39 is 0 Å². The van der Waals surface area contributed by atoms with Crippen LogP contribution in [-0.4, -0.2) is 4.98 Å². The summed E-state index contributed by atoms with van der Waals surface area (Å²) < 4.78 is 0.